The number of benzene rings is 3. The summed E-state index contributed by atoms with van der Waals surface area (Å²) in [5.41, 5.74) is 5.12. The summed E-state index contributed by atoms with van der Waals surface area (Å²) in [7, 11) is 0. The Kier molecular flexibility index (Phi) is 5.89. The number of amides is 2. The molecule has 0 fully saturated rings. The van der Waals surface area contributed by atoms with Gasteiger partial charge < -0.3 is 15.4 Å². The quantitative estimate of drug-likeness (QED) is 0.594. The topological polar surface area (TPSA) is 87.7 Å². The average molecular weight is 429 g/mol. The summed E-state index contributed by atoms with van der Waals surface area (Å²) >= 11 is 0. The second-order valence-corrected chi connectivity index (χ2v) is 7.54. The minimum Gasteiger partial charge on any atom is -0.452 e. The van der Waals surface area contributed by atoms with Crippen LogP contribution in [0, 0.1) is 13.8 Å². The van der Waals surface area contributed by atoms with Crippen molar-refractivity contribution in [3.8, 4) is 0 Å². The Balaban J connectivity index is 1.48. The van der Waals surface area contributed by atoms with Crippen LogP contribution in [0.4, 0.5) is 22.7 Å². The number of aryl methyl sites for hydroxylation is 1. The summed E-state index contributed by atoms with van der Waals surface area (Å²) < 4.78 is 5.32. The van der Waals surface area contributed by atoms with Gasteiger partial charge >= 0.3 is 5.97 Å². The predicted octanol–water partition coefficient (Wildman–Crippen LogP) is 4.19. The molecule has 3 aromatic carbocycles. The second kappa shape index (κ2) is 8.93. The third-order valence-electron chi connectivity index (χ3n) is 5.42. The van der Waals surface area contributed by atoms with Gasteiger partial charge in [0, 0.05) is 5.69 Å². The molecule has 162 valence electrons. The van der Waals surface area contributed by atoms with Gasteiger partial charge in [0.1, 0.15) is 6.54 Å². The van der Waals surface area contributed by atoms with E-state index < -0.39 is 18.5 Å². The number of para-hydroxylation sites is 3. The predicted molar refractivity (Wildman–Crippen MR) is 123 cm³/mol. The van der Waals surface area contributed by atoms with Crippen molar-refractivity contribution >= 4 is 40.5 Å². The molecular formula is C25H23N3O4. The Morgan fingerprint density at radius 2 is 1.69 bits per heavy atom. The molecule has 0 saturated heterocycles. The summed E-state index contributed by atoms with van der Waals surface area (Å²) in [6, 6.07) is 19.9. The highest BCUT2D eigenvalue weighted by atomic mass is 16.5. The van der Waals surface area contributed by atoms with E-state index in [0.717, 1.165) is 16.8 Å². The molecule has 0 spiro atoms. The molecule has 0 saturated carbocycles. The first-order valence-electron chi connectivity index (χ1n) is 10.2. The number of nitrogens with zero attached hydrogens (tertiary/aromatic N) is 1. The molecule has 7 nitrogen and oxygen atoms in total. The Morgan fingerprint density at radius 3 is 2.53 bits per heavy atom. The molecule has 0 unspecified atom stereocenters. The fourth-order valence-corrected chi connectivity index (χ4v) is 3.54. The zero-order chi connectivity index (χ0) is 22.7. The largest absolute Gasteiger partial charge is 0.452 e. The number of fused-ring (bicyclic) bond motifs is 1. The van der Waals surface area contributed by atoms with E-state index in [-0.39, 0.29) is 12.5 Å². The second-order valence-electron chi connectivity index (χ2n) is 7.54. The van der Waals surface area contributed by atoms with Gasteiger partial charge in [-0.15, -0.1) is 0 Å². The lowest BCUT2D eigenvalue weighted by Crippen LogP contribution is -2.44. The van der Waals surface area contributed by atoms with Crippen molar-refractivity contribution in [3.05, 3.63) is 83.4 Å². The Bertz CT molecular complexity index is 1210. The molecule has 1 aliphatic heterocycles. The lowest BCUT2D eigenvalue weighted by Gasteiger charge is -2.28. The maximum absolute atomic E-state index is 12.8. The Morgan fingerprint density at radius 1 is 0.969 bits per heavy atom. The van der Waals surface area contributed by atoms with Gasteiger partial charge in [-0.1, -0.05) is 36.4 Å². The van der Waals surface area contributed by atoms with Gasteiger partial charge in [0.05, 0.1) is 22.6 Å². The number of rotatable bonds is 5. The zero-order valence-corrected chi connectivity index (χ0v) is 17.8. The first-order chi connectivity index (χ1) is 15.4. The molecule has 1 aliphatic rings. The monoisotopic (exact) mass is 429 g/mol. The van der Waals surface area contributed by atoms with Gasteiger partial charge in [-0.05, 0) is 55.3 Å². The number of anilines is 4. The summed E-state index contributed by atoms with van der Waals surface area (Å²) in [6.07, 6.45) is 0. The normalized spacial score (nSPS) is 12.6. The standard InChI is InChI=1S/C25H23N3O4/c1-16-8-7-12-19(17(16)2)26-20-10-4-3-9-18(20)25(31)32-15-24(30)28-14-23(29)27-21-11-5-6-13-22(21)28/h3-13,26H,14-15H2,1-2H3,(H,27,29). The number of esters is 1. The highest BCUT2D eigenvalue weighted by Gasteiger charge is 2.27. The van der Waals surface area contributed by atoms with Crippen LogP contribution in [-0.2, 0) is 14.3 Å². The van der Waals surface area contributed by atoms with E-state index in [1.165, 1.54) is 4.90 Å². The van der Waals surface area contributed by atoms with Gasteiger partial charge in [-0.3, -0.25) is 14.5 Å². The van der Waals surface area contributed by atoms with Crippen LogP contribution in [-0.4, -0.2) is 30.9 Å². The van der Waals surface area contributed by atoms with Crippen LogP contribution in [0.5, 0.6) is 0 Å². The van der Waals surface area contributed by atoms with Crippen LogP contribution in [0.25, 0.3) is 0 Å². The Hall–Kier alpha value is -4.13. The van der Waals surface area contributed by atoms with E-state index in [0.29, 0.717) is 22.6 Å². The maximum Gasteiger partial charge on any atom is 0.340 e. The smallest absolute Gasteiger partial charge is 0.340 e. The Labute approximate surface area is 186 Å². The molecule has 0 aliphatic carbocycles. The van der Waals surface area contributed by atoms with Crippen LogP contribution >= 0.6 is 0 Å². The average Bonchev–Trinajstić information content (AvgIpc) is 2.80. The molecular weight excluding hydrogens is 406 g/mol. The first-order valence-corrected chi connectivity index (χ1v) is 10.2. The summed E-state index contributed by atoms with van der Waals surface area (Å²) in [5.74, 6) is -1.39. The lowest BCUT2D eigenvalue weighted by molar-refractivity contribution is -0.124. The number of ether oxygens (including phenoxy) is 1. The van der Waals surface area contributed by atoms with Gasteiger partial charge in [0.25, 0.3) is 5.91 Å². The number of nitrogens with one attached hydrogen (secondary N) is 2. The summed E-state index contributed by atoms with van der Waals surface area (Å²) in [6.45, 7) is 3.42. The van der Waals surface area contributed by atoms with E-state index in [1.807, 2.05) is 38.1 Å². The van der Waals surface area contributed by atoms with Crippen LogP contribution in [0.1, 0.15) is 21.5 Å². The molecule has 0 atom stereocenters. The molecule has 2 N–H and O–H groups in total. The highest BCUT2D eigenvalue weighted by Crippen LogP contribution is 2.29. The molecule has 0 radical (unpaired) electrons. The third kappa shape index (κ3) is 4.32. The first kappa shape index (κ1) is 21.1. The minimum atomic E-state index is -0.624. The number of carbonyl (C=O) groups is 3. The van der Waals surface area contributed by atoms with Crippen molar-refractivity contribution in [1.29, 1.82) is 0 Å². The fraction of sp³-hybridized carbons (Fsp3) is 0.160. The lowest BCUT2D eigenvalue weighted by atomic mass is 10.1. The fourth-order valence-electron chi connectivity index (χ4n) is 3.54. The van der Waals surface area contributed by atoms with E-state index in [1.54, 1.807) is 42.5 Å². The molecule has 3 aromatic rings. The van der Waals surface area contributed by atoms with Crippen molar-refractivity contribution in [1.82, 2.24) is 0 Å². The van der Waals surface area contributed by atoms with E-state index in [4.69, 9.17) is 4.74 Å². The van der Waals surface area contributed by atoms with Crippen molar-refractivity contribution in [2.75, 3.05) is 28.7 Å². The third-order valence-corrected chi connectivity index (χ3v) is 5.42. The van der Waals surface area contributed by atoms with Gasteiger partial charge in [0.15, 0.2) is 6.61 Å². The van der Waals surface area contributed by atoms with Crippen molar-refractivity contribution in [2.45, 2.75) is 13.8 Å². The maximum atomic E-state index is 12.8. The molecule has 7 heteroatoms. The molecule has 32 heavy (non-hydrogen) atoms. The van der Waals surface area contributed by atoms with Gasteiger partial charge in [-0.25, -0.2) is 4.79 Å². The number of hydrogen-bond acceptors (Lipinski definition) is 5. The van der Waals surface area contributed by atoms with E-state index in [2.05, 4.69) is 10.6 Å². The van der Waals surface area contributed by atoms with Crippen molar-refractivity contribution in [3.63, 3.8) is 0 Å². The molecule has 0 bridgehead atoms. The zero-order valence-electron chi connectivity index (χ0n) is 17.8. The van der Waals surface area contributed by atoms with Crippen LogP contribution in [0.2, 0.25) is 0 Å². The highest BCUT2D eigenvalue weighted by molar-refractivity contribution is 6.10. The number of hydrogen-bond donors (Lipinski definition) is 2. The summed E-state index contributed by atoms with van der Waals surface area (Å²) in [5, 5.41) is 6.01. The number of carbonyl (C=O) groups excluding carboxylic acids is 3. The SMILES string of the molecule is Cc1cccc(Nc2ccccc2C(=O)OCC(=O)N2CC(=O)Nc3ccccc32)c1C. The van der Waals surface area contributed by atoms with Gasteiger partial charge in [0.2, 0.25) is 5.91 Å². The van der Waals surface area contributed by atoms with Gasteiger partial charge in [-0.2, -0.15) is 0 Å². The van der Waals surface area contributed by atoms with Crippen LogP contribution in [0.3, 0.4) is 0 Å². The van der Waals surface area contributed by atoms with Crippen LogP contribution < -0.4 is 15.5 Å². The minimum absolute atomic E-state index is 0.127. The molecule has 0 aromatic heterocycles. The van der Waals surface area contributed by atoms with Crippen molar-refractivity contribution < 1.29 is 19.1 Å². The molecule has 2 amide bonds. The summed E-state index contributed by atoms with van der Waals surface area (Å²) in [4.78, 5) is 38.8. The van der Waals surface area contributed by atoms with Crippen molar-refractivity contribution in [2.24, 2.45) is 0 Å². The molecule has 1 heterocycles. The van der Waals surface area contributed by atoms with Crippen LogP contribution in [0.15, 0.2) is 66.7 Å². The molecule has 4 rings (SSSR count). The van der Waals surface area contributed by atoms with E-state index >= 15 is 0 Å². The van der Waals surface area contributed by atoms with E-state index in [9.17, 15) is 14.4 Å².